The van der Waals surface area contributed by atoms with Crippen molar-refractivity contribution in [1.29, 1.82) is 0 Å². The van der Waals surface area contributed by atoms with E-state index in [4.69, 9.17) is 5.11 Å². The van der Waals surface area contributed by atoms with Crippen molar-refractivity contribution in [2.75, 3.05) is 6.54 Å². The number of hydrogen-bond donors (Lipinski definition) is 2. The largest absolute Gasteiger partial charge is 0.481 e. The van der Waals surface area contributed by atoms with Gasteiger partial charge in [0.1, 0.15) is 0 Å². The molecule has 1 amide bonds. The van der Waals surface area contributed by atoms with Gasteiger partial charge in [-0.2, -0.15) is 0 Å². The summed E-state index contributed by atoms with van der Waals surface area (Å²) in [5.41, 5.74) is 1.60. The average molecular weight is 245 g/mol. The maximum Gasteiger partial charge on any atom is 0.307 e. The molecule has 4 heteroatoms. The van der Waals surface area contributed by atoms with Crippen molar-refractivity contribution in [3.8, 4) is 11.8 Å². The van der Waals surface area contributed by atoms with E-state index in [1.165, 1.54) is 6.92 Å². The van der Waals surface area contributed by atoms with Gasteiger partial charge in [0.05, 0.1) is 6.42 Å². The van der Waals surface area contributed by atoms with Gasteiger partial charge in [0.2, 0.25) is 5.91 Å². The van der Waals surface area contributed by atoms with Gasteiger partial charge in [0, 0.05) is 25.5 Å². The Morgan fingerprint density at radius 1 is 1.28 bits per heavy atom. The molecule has 4 nitrogen and oxygen atoms in total. The first-order chi connectivity index (χ1) is 8.58. The number of benzene rings is 1. The minimum Gasteiger partial charge on any atom is -0.481 e. The van der Waals surface area contributed by atoms with Gasteiger partial charge in [-0.05, 0) is 17.7 Å². The van der Waals surface area contributed by atoms with Crippen molar-refractivity contribution in [2.24, 2.45) is 0 Å². The van der Waals surface area contributed by atoms with E-state index in [1.54, 1.807) is 24.3 Å². The number of carboxylic acids is 1. The zero-order valence-corrected chi connectivity index (χ0v) is 10.2. The number of carbonyl (C=O) groups is 2. The lowest BCUT2D eigenvalue weighted by Gasteiger charge is -1.97. The van der Waals surface area contributed by atoms with Gasteiger partial charge in [0.25, 0.3) is 0 Å². The van der Waals surface area contributed by atoms with Crippen LogP contribution in [0.15, 0.2) is 24.3 Å². The highest BCUT2D eigenvalue weighted by molar-refractivity contribution is 5.72. The van der Waals surface area contributed by atoms with Crippen molar-refractivity contribution < 1.29 is 14.7 Å². The van der Waals surface area contributed by atoms with E-state index in [0.29, 0.717) is 13.0 Å². The summed E-state index contributed by atoms with van der Waals surface area (Å²) >= 11 is 0. The second kappa shape index (κ2) is 7.13. The summed E-state index contributed by atoms with van der Waals surface area (Å²) in [4.78, 5) is 21.1. The van der Waals surface area contributed by atoms with Crippen LogP contribution in [0.5, 0.6) is 0 Å². The molecule has 1 aromatic rings. The molecule has 94 valence electrons. The molecule has 0 radical (unpaired) electrons. The van der Waals surface area contributed by atoms with Gasteiger partial charge >= 0.3 is 5.97 Å². The van der Waals surface area contributed by atoms with Crippen molar-refractivity contribution in [3.63, 3.8) is 0 Å². The molecule has 0 aliphatic carbocycles. The van der Waals surface area contributed by atoms with Crippen LogP contribution in [0.1, 0.15) is 24.5 Å². The number of rotatable bonds is 4. The van der Waals surface area contributed by atoms with E-state index in [-0.39, 0.29) is 12.3 Å². The van der Waals surface area contributed by atoms with E-state index < -0.39 is 5.97 Å². The van der Waals surface area contributed by atoms with Gasteiger partial charge in [-0.25, -0.2) is 0 Å². The Bertz CT molecular complexity index is 480. The molecule has 0 aliphatic rings. The molecule has 0 heterocycles. The minimum atomic E-state index is -0.843. The molecular formula is C14H15NO3. The number of hydrogen-bond acceptors (Lipinski definition) is 2. The fraction of sp³-hybridized carbons (Fsp3) is 0.286. The highest BCUT2D eigenvalue weighted by Gasteiger charge is 1.98. The molecule has 0 bridgehead atoms. The fourth-order valence-electron chi connectivity index (χ4n) is 1.35. The topological polar surface area (TPSA) is 66.4 Å². The van der Waals surface area contributed by atoms with E-state index in [9.17, 15) is 9.59 Å². The van der Waals surface area contributed by atoms with Crippen molar-refractivity contribution in [1.82, 2.24) is 5.32 Å². The fourth-order valence-corrected chi connectivity index (χ4v) is 1.35. The third-order valence-corrected chi connectivity index (χ3v) is 2.17. The number of carbonyl (C=O) groups excluding carboxylic acids is 1. The zero-order chi connectivity index (χ0) is 13.4. The van der Waals surface area contributed by atoms with Crippen LogP contribution in [0.2, 0.25) is 0 Å². The van der Waals surface area contributed by atoms with Gasteiger partial charge in [-0.15, -0.1) is 0 Å². The lowest BCUT2D eigenvalue weighted by molar-refractivity contribution is -0.136. The lowest BCUT2D eigenvalue weighted by Crippen LogP contribution is -2.20. The summed E-state index contributed by atoms with van der Waals surface area (Å²) in [6.45, 7) is 2.01. The lowest BCUT2D eigenvalue weighted by atomic mass is 10.1. The molecule has 0 saturated carbocycles. The van der Waals surface area contributed by atoms with Gasteiger partial charge < -0.3 is 10.4 Å². The second-order valence-corrected chi connectivity index (χ2v) is 3.80. The normalized spacial score (nSPS) is 9.17. The third kappa shape index (κ3) is 5.71. The van der Waals surface area contributed by atoms with E-state index in [0.717, 1.165) is 11.1 Å². The van der Waals surface area contributed by atoms with E-state index in [1.807, 2.05) is 0 Å². The molecule has 0 spiro atoms. The van der Waals surface area contributed by atoms with Crippen LogP contribution in [0, 0.1) is 11.8 Å². The Kier molecular flexibility index (Phi) is 5.46. The van der Waals surface area contributed by atoms with Crippen molar-refractivity contribution in [3.05, 3.63) is 35.4 Å². The molecule has 1 aromatic carbocycles. The quantitative estimate of drug-likeness (QED) is 0.618. The standard InChI is InChI=1S/C14H15NO3/c1-11(16)15-9-3-2-4-12-5-7-13(8-6-12)10-14(17)18/h5-8H,3,9-10H2,1H3,(H,15,16)(H,17,18). The van der Waals surface area contributed by atoms with Gasteiger partial charge in [-0.1, -0.05) is 24.0 Å². The molecule has 2 N–H and O–H groups in total. The predicted molar refractivity (Wildman–Crippen MR) is 68.0 cm³/mol. The number of amides is 1. The third-order valence-electron chi connectivity index (χ3n) is 2.17. The molecule has 0 aliphatic heterocycles. The highest BCUT2D eigenvalue weighted by atomic mass is 16.4. The maximum atomic E-state index is 10.6. The molecule has 0 aromatic heterocycles. The number of nitrogens with one attached hydrogen (secondary N) is 1. The zero-order valence-electron chi connectivity index (χ0n) is 10.2. The molecule has 1 rings (SSSR count). The van der Waals surface area contributed by atoms with Crippen molar-refractivity contribution in [2.45, 2.75) is 19.8 Å². The van der Waals surface area contributed by atoms with Crippen LogP contribution < -0.4 is 5.32 Å². The minimum absolute atomic E-state index is 0.0240. The first kappa shape index (κ1) is 13.8. The second-order valence-electron chi connectivity index (χ2n) is 3.80. The van der Waals surface area contributed by atoms with Crippen LogP contribution in [0.25, 0.3) is 0 Å². The number of aliphatic carboxylic acids is 1. The van der Waals surface area contributed by atoms with Crippen molar-refractivity contribution >= 4 is 11.9 Å². The summed E-state index contributed by atoms with van der Waals surface area (Å²) in [7, 11) is 0. The van der Waals surface area contributed by atoms with Gasteiger partial charge in [-0.3, -0.25) is 9.59 Å². The Morgan fingerprint density at radius 2 is 1.94 bits per heavy atom. The summed E-state index contributed by atoms with van der Waals surface area (Å²) in [5, 5.41) is 11.3. The summed E-state index contributed by atoms with van der Waals surface area (Å²) in [6.07, 6.45) is 0.618. The summed E-state index contributed by atoms with van der Waals surface area (Å²) in [5.74, 6) is 4.98. The molecule has 0 fully saturated rings. The Balaban J connectivity index is 2.46. The number of carboxylic acid groups (broad SMARTS) is 1. The maximum absolute atomic E-state index is 10.6. The van der Waals surface area contributed by atoms with Crippen LogP contribution >= 0.6 is 0 Å². The highest BCUT2D eigenvalue weighted by Crippen LogP contribution is 2.04. The summed E-state index contributed by atoms with van der Waals surface area (Å²) in [6, 6.07) is 7.10. The van der Waals surface area contributed by atoms with Crippen LogP contribution in [0.3, 0.4) is 0 Å². The molecule has 0 atom stereocenters. The van der Waals surface area contributed by atoms with Crippen LogP contribution in [-0.2, 0) is 16.0 Å². The smallest absolute Gasteiger partial charge is 0.307 e. The first-order valence-corrected chi connectivity index (χ1v) is 5.62. The Labute approximate surface area is 106 Å². The molecule has 0 unspecified atom stereocenters. The molecule has 18 heavy (non-hydrogen) atoms. The van der Waals surface area contributed by atoms with E-state index >= 15 is 0 Å². The average Bonchev–Trinajstić information content (AvgIpc) is 2.30. The Hall–Kier alpha value is -2.28. The van der Waals surface area contributed by atoms with Crippen LogP contribution in [-0.4, -0.2) is 23.5 Å². The van der Waals surface area contributed by atoms with Crippen LogP contribution in [0.4, 0.5) is 0 Å². The Morgan fingerprint density at radius 3 is 2.50 bits per heavy atom. The SMILES string of the molecule is CC(=O)NCCC#Cc1ccc(CC(=O)O)cc1. The molecule has 0 saturated heterocycles. The molecular weight excluding hydrogens is 230 g/mol. The predicted octanol–water partition coefficient (Wildman–Crippen LogP) is 1.19. The van der Waals surface area contributed by atoms with E-state index in [2.05, 4.69) is 17.2 Å². The first-order valence-electron chi connectivity index (χ1n) is 5.62. The monoisotopic (exact) mass is 245 g/mol. The van der Waals surface area contributed by atoms with Gasteiger partial charge in [0.15, 0.2) is 0 Å². The summed E-state index contributed by atoms with van der Waals surface area (Å²) < 4.78 is 0.